The van der Waals surface area contributed by atoms with Gasteiger partial charge < -0.3 is 0 Å². The monoisotopic (exact) mass is 405 g/mol. The van der Waals surface area contributed by atoms with Crippen LogP contribution in [0.15, 0.2) is 48.5 Å². The van der Waals surface area contributed by atoms with E-state index in [1.165, 1.54) is 11.0 Å². The van der Waals surface area contributed by atoms with Crippen LogP contribution in [0, 0.1) is 0 Å². The zero-order chi connectivity index (χ0) is 18.2. The maximum absolute atomic E-state index is 12.6. The second kappa shape index (κ2) is 9.33. The molecule has 1 amide bonds. The summed E-state index contributed by atoms with van der Waals surface area (Å²) < 4.78 is 10.4. The fraction of sp³-hybridized carbons (Fsp3) is 0.176. The molecule has 25 heavy (non-hydrogen) atoms. The first kappa shape index (κ1) is 19.1. The predicted octanol–water partition coefficient (Wildman–Crippen LogP) is 1.81. The number of esters is 1. The quantitative estimate of drug-likeness (QED) is 0.328. The first-order valence-corrected chi connectivity index (χ1v) is 9.35. The average Bonchev–Trinajstić information content (AvgIpc) is 2.66. The van der Waals surface area contributed by atoms with Crippen LogP contribution in [0.3, 0.4) is 0 Å². The third kappa shape index (κ3) is 5.14. The van der Waals surface area contributed by atoms with Crippen LogP contribution in [-0.4, -0.2) is 46.6 Å². The SMILES string of the molecule is CCOC(=O)c1cccc(C(=O)N(C)c2cc[c]([Ge][O]OO)cc2)c1. The summed E-state index contributed by atoms with van der Waals surface area (Å²) in [5.41, 5.74) is 1.41. The third-order valence-electron chi connectivity index (χ3n) is 3.38. The van der Waals surface area contributed by atoms with Crippen molar-refractivity contribution in [2.75, 3.05) is 18.6 Å². The van der Waals surface area contributed by atoms with Crippen molar-refractivity contribution < 1.29 is 28.5 Å². The normalized spacial score (nSPS) is 10.4. The van der Waals surface area contributed by atoms with Crippen molar-refractivity contribution in [2.45, 2.75) is 6.92 Å². The fourth-order valence-electron chi connectivity index (χ4n) is 2.12. The van der Waals surface area contributed by atoms with Crippen LogP contribution < -0.4 is 9.30 Å². The molecule has 0 spiro atoms. The maximum atomic E-state index is 12.6. The van der Waals surface area contributed by atoms with Crippen molar-refractivity contribution in [1.29, 1.82) is 0 Å². The van der Waals surface area contributed by atoms with Crippen LogP contribution in [-0.2, 0) is 13.7 Å². The molecule has 0 aliphatic carbocycles. The van der Waals surface area contributed by atoms with E-state index in [0.717, 1.165) is 4.40 Å². The van der Waals surface area contributed by atoms with E-state index in [9.17, 15) is 9.59 Å². The molecular weight excluding hydrogens is 387 g/mol. The number of carbonyl (C=O) groups is 2. The summed E-state index contributed by atoms with van der Waals surface area (Å²) in [5.74, 6) is -0.704. The second-order valence-corrected chi connectivity index (χ2v) is 6.96. The van der Waals surface area contributed by atoms with Crippen LogP contribution >= 0.6 is 0 Å². The molecular formula is C17H17GeNO6. The standard InChI is InChI=1S/C17H17GeNO6/c1-3-23-17(21)13-6-4-5-12(11-13)16(20)19(2)15-9-7-14(8-10-15)18-24-25-22/h4-11,22H,3H2,1-2H3. The van der Waals surface area contributed by atoms with Gasteiger partial charge in [-0.05, 0) is 6.92 Å². The Labute approximate surface area is 151 Å². The van der Waals surface area contributed by atoms with Crippen LogP contribution in [0.5, 0.6) is 0 Å². The van der Waals surface area contributed by atoms with Gasteiger partial charge in [-0.25, -0.2) is 0 Å². The number of anilines is 1. The first-order chi connectivity index (χ1) is 12.1. The van der Waals surface area contributed by atoms with Crippen LogP contribution in [0.25, 0.3) is 0 Å². The van der Waals surface area contributed by atoms with Gasteiger partial charge in [0.1, 0.15) is 0 Å². The fourth-order valence-corrected chi connectivity index (χ4v) is 3.04. The van der Waals surface area contributed by atoms with Gasteiger partial charge in [-0.15, -0.1) is 0 Å². The van der Waals surface area contributed by atoms with Gasteiger partial charge in [-0.3, -0.25) is 0 Å². The molecule has 0 atom stereocenters. The van der Waals surface area contributed by atoms with Crippen molar-refractivity contribution in [3.05, 3.63) is 59.7 Å². The number of hydrogen-bond donors (Lipinski definition) is 1. The van der Waals surface area contributed by atoms with Gasteiger partial charge in [0.15, 0.2) is 0 Å². The third-order valence-corrected chi connectivity index (χ3v) is 4.90. The first-order valence-electron chi connectivity index (χ1n) is 7.45. The van der Waals surface area contributed by atoms with Gasteiger partial charge >= 0.3 is 144 Å². The number of carbonyl (C=O) groups excluding carboxylic acids is 2. The number of ether oxygens (including phenoxy) is 1. The summed E-state index contributed by atoms with van der Waals surface area (Å²) in [7, 11) is 1.65. The van der Waals surface area contributed by atoms with Crippen LogP contribution in [0.1, 0.15) is 27.6 Å². The van der Waals surface area contributed by atoms with Gasteiger partial charge in [-0.2, -0.15) is 0 Å². The molecule has 0 fully saturated rings. The topological polar surface area (TPSA) is 85.3 Å². The summed E-state index contributed by atoms with van der Waals surface area (Å²) in [6.45, 7) is 2.00. The van der Waals surface area contributed by atoms with Crippen molar-refractivity contribution in [3.8, 4) is 0 Å². The molecule has 1 N–H and O–H groups in total. The van der Waals surface area contributed by atoms with Crippen molar-refractivity contribution in [3.63, 3.8) is 0 Å². The summed E-state index contributed by atoms with van der Waals surface area (Å²) >= 11 is -1.04. The zero-order valence-corrected chi connectivity index (χ0v) is 15.9. The molecule has 0 aliphatic heterocycles. The van der Waals surface area contributed by atoms with E-state index in [-0.39, 0.29) is 12.5 Å². The molecule has 0 saturated heterocycles. The van der Waals surface area contributed by atoms with Gasteiger partial charge in [0.05, 0.1) is 0 Å². The van der Waals surface area contributed by atoms with Crippen molar-refractivity contribution >= 4 is 37.7 Å². The van der Waals surface area contributed by atoms with Crippen LogP contribution in [0.4, 0.5) is 5.69 Å². The minimum absolute atomic E-state index is 0.245. The molecule has 0 aliphatic rings. The molecule has 2 rings (SSSR count). The Balaban J connectivity index is 2.14. The summed E-state index contributed by atoms with van der Waals surface area (Å²) in [6.07, 6.45) is 0. The molecule has 2 aromatic carbocycles. The zero-order valence-electron chi connectivity index (χ0n) is 13.8. The summed E-state index contributed by atoms with van der Waals surface area (Å²) in [6, 6.07) is 13.6. The van der Waals surface area contributed by atoms with E-state index in [1.807, 2.05) is 0 Å². The molecule has 2 radical (unpaired) electrons. The molecule has 0 saturated carbocycles. The summed E-state index contributed by atoms with van der Waals surface area (Å²) in [5, 5.41) is 11.8. The molecule has 0 bridgehead atoms. The molecule has 0 heterocycles. The van der Waals surface area contributed by atoms with Crippen molar-refractivity contribution in [2.24, 2.45) is 0 Å². The van der Waals surface area contributed by atoms with E-state index in [2.05, 4.69) is 8.95 Å². The minimum atomic E-state index is -1.04. The average molecular weight is 404 g/mol. The number of rotatable bonds is 7. The Hall–Kier alpha value is -2.20. The van der Waals surface area contributed by atoms with E-state index < -0.39 is 21.7 Å². The predicted molar refractivity (Wildman–Crippen MR) is 91.8 cm³/mol. The van der Waals surface area contributed by atoms with Gasteiger partial charge in [0.2, 0.25) is 0 Å². The number of benzene rings is 2. The molecule has 2 aromatic rings. The Morgan fingerprint density at radius 2 is 1.80 bits per heavy atom. The number of amides is 1. The van der Waals surface area contributed by atoms with Gasteiger partial charge in [-0.1, -0.05) is 0 Å². The van der Waals surface area contributed by atoms with E-state index in [4.69, 9.17) is 9.99 Å². The molecule has 130 valence electrons. The van der Waals surface area contributed by atoms with Gasteiger partial charge in [0, 0.05) is 0 Å². The Kier molecular flexibility index (Phi) is 7.14. The second-order valence-electron chi connectivity index (χ2n) is 4.97. The Bertz CT molecular complexity index is 734. The van der Waals surface area contributed by atoms with E-state index in [0.29, 0.717) is 16.8 Å². The summed E-state index contributed by atoms with van der Waals surface area (Å²) in [4.78, 5) is 25.9. The number of nitrogens with zero attached hydrogens (tertiary/aromatic N) is 1. The Morgan fingerprint density at radius 1 is 1.12 bits per heavy atom. The van der Waals surface area contributed by atoms with Gasteiger partial charge in [0.25, 0.3) is 0 Å². The molecule has 8 heteroatoms. The van der Waals surface area contributed by atoms with Crippen molar-refractivity contribution in [1.82, 2.24) is 0 Å². The number of hydrogen-bond acceptors (Lipinski definition) is 6. The van der Waals surface area contributed by atoms with Crippen LogP contribution in [0.2, 0.25) is 0 Å². The van der Waals surface area contributed by atoms with E-state index >= 15 is 0 Å². The molecule has 0 aromatic heterocycles. The Morgan fingerprint density at radius 3 is 2.44 bits per heavy atom. The molecule has 7 nitrogen and oxygen atoms in total. The molecule has 0 unspecified atom stereocenters. The van der Waals surface area contributed by atoms with E-state index in [1.54, 1.807) is 56.4 Å².